The summed E-state index contributed by atoms with van der Waals surface area (Å²) >= 11 is 0. The molecule has 0 atom stereocenters. The van der Waals surface area contributed by atoms with Gasteiger partial charge in [0.2, 0.25) is 0 Å². The van der Waals surface area contributed by atoms with E-state index >= 15 is 0 Å². The summed E-state index contributed by atoms with van der Waals surface area (Å²) in [4.78, 5) is 15.6. The predicted molar refractivity (Wildman–Crippen MR) is 83.0 cm³/mol. The van der Waals surface area contributed by atoms with Crippen molar-refractivity contribution in [1.29, 1.82) is 0 Å². The summed E-state index contributed by atoms with van der Waals surface area (Å²) in [6.45, 7) is 3.76. The summed E-state index contributed by atoms with van der Waals surface area (Å²) in [5, 5.41) is 0. The maximum Gasteiger partial charge on any atom is 0.280 e. The molecule has 1 aromatic rings. The van der Waals surface area contributed by atoms with Crippen LogP contribution in [0.25, 0.3) is 0 Å². The third-order valence-corrected chi connectivity index (χ3v) is 4.25. The van der Waals surface area contributed by atoms with Gasteiger partial charge in [-0.15, -0.1) is 0 Å². The molecular weight excluding hydrogens is 290 g/mol. The molecule has 0 bridgehead atoms. The molecule has 0 radical (unpaired) electrons. The van der Waals surface area contributed by atoms with E-state index in [9.17, 15) is 13.2 Å². The Labute approximate surface area is 125 Å². The Morgan fingerprint density at radius 2 is 1.90 bits per heavy atom. The molecule has 0 saturated carbocycles. The maximum atomic E-state index is 11.9. The number of rotatable bonds is 5. The molecule has 0 aromatic heterocycles. The number of carbonyl (C=O) groups is 1. The van der Waals surface area contributed by atoms with Gasteiger partial charge in [0.1, 0.15) is 0 Å². The molecule has 0 aliphatic carbocycles. The molecule has 0 fully saturated rings. The first-order valence-electron chi connectivity index (χ1n) is 6.64. The lowest BCUT2D eigenvalue weighted by molar-refractivity contribution is 0.100. The zero-order valence-corrected chi connectivity index (χ0v) is 13.3. The summed E-state index contributed by atoms with van der Waals surface area (Å²) in [5.74, 6) is -0.991. The summed E-state index contributed by atoms with van der Waals surface area (Å²) < 4.78 is 23.9. The number of sulfone groups is 1. The Hall–Kier alpha value is -1.89. The lowest BCUT2D eigenvalue weighted by Gasteiger charge is -2.12. The summed E-state index contributed by atoms with van der Waals surface area (Å²) in [5.41, 5.74) is 12.0. The average molecular weight is 311 g/mol. The van der Waals surface area contributed by atoms with Crippen LogP contribution in [-0.4, -0.2) is 26.5 Å². The molecule has 4 N–H and O–H groups in total. The standard InChI is InChI=1S/C14H21N3O3S/c1-4-5-6-10-7-9(2)11(13(18)17-14(15)16)8-12(10)21(3,19)20/h7-8H,4-6H2,1-3H3,(H4,15,16,17,18). The van der Waals surface area contributed by atoms with Gasteiger partial charge in [-0.3, -0.25) is 4.79 Å². The number of carbonyl (C=O) groups excluding carboxylic acids is 1. The molecular formula is C14H21N3O3S. The molecule has 1 aromatic carbocycles. The molecule has 0 aliphatic heterocycles. The highest BCUT2D eigenvalue weighted by Gasteiger charge is 2.18. The number of aliphatic imine (C=N–C) groups is 1. The maximum absolute atomic E-state index is 11.9. The third-order valence-electron chi connectivity index (χ3n) is 3.07. The number of benzene rings is 1. The fourth-order valence-corrected chi connectivity index (χ4v) is 3.03. The minimum Gasteiger partial charge on any atom is -0.370 e. The number of aryl methyl sites for hydroxylation is 2. The number of amides is 1. The second-order valence-corrected chi connectivity index (χ2v) is 6.98. The van der Waals surface area contributed by atoms with Crippen LogP contribution in [0.15, 0.2) is 22.0 Å². The van der Waals surface area contributed by atoms with Crippen LogP contribution in [0.4, 0.5) is 0 Å². The third kappa shape index (κ3) is 4.56. The Morgan fingerprint density at radius 3 is 2.38 bits per heavy atom. The van der Waals surface area contributed by atoms with Gasteiger partial charge < -0.3 is 11.5 Å². The fourth-order valence-electron chi connectivity index (χ4n) is 2.06. The van der Waals surface area contributed by atoms with Crippen molar-refractivity contribution in [3.63, 3.8) is 0 Å². The first kappa shape index (κ1) is 17.2. The van der Waals surface area contributed by atoms with Gasteiger partial charge in [0.25, 0.3) is 5.91 Å². The van der Waals surface area contributed by atoms with Gasteiger partial charge in [-0.2, -0.15) is 4.99 Å². The van der Waals surface area contributed by atoms with E-state index in [-0.39, 0.29) is 16.4 Å². The van der Waals surface area contributed by atoms with Gasteiger partial charge in [0.15, 0.2) is 15.8 Å². The molecule has 1 amide bonds. The molecule has 21 heavy (non-hydrogen) atoms. The number of unbranched alkanes of at least 4 members (excludes halogenated alkanes) is 1. The van der Waals surface area contributed by atoms with E-state index in [0.29, 0.717) is 12.0 Å². The topological polar surface area (TPSA) is 116 Å². The van der Waals surface area contributed by atoms with E-state index in [0.717, 1.165) is 24.7 Å². The molecule has 0 heterocycles. The largest absolute Gasteiger partial charge is 0.370 e. The predicted octanol–water partition coefficient (Wildman–Crippen LogP) is 1.15. The van der Waals surface area contributed by atoms with Crippen LogP contribution in [0.3, 0.4) is 0 Å². The van der Waals surface area contributed by atoms with Crippen LogP contribution in [-0.2, 0) is 16.3 Å². The van der Waals surface area contributed by atoms with Gasteiger partial charge in [-0.25, -0.2) is 8.42 Å². The van der Waals surface area contributed by atoms with Crippen LogP contribution in [0, 0.1) is 6.92 Å². The lowest BCUT2D eigenvalue weighted by atomic mass is 10.0. The van der Waals surface area contributed by atoms with E-state index in [1.807, 2.05) is 6.92 Å². The number of hydrogen-bond donors (Lipinski definition) is 2. The monoisotopic (exact) mass is 311 g/mol. The van der Waals surface area contributed by atoms with E-state index in [1.54, 1.807) is 13.0 Å². The van der Waals surface area contributed by atoms with Gasteiger partial charge in [-0.05, 0) is 37.0 Å². The van der Waals surface area contributed by atoms with Crippen molar-refractivity contribution >= 4 is 21.7 Å². The molecule has 6 nitrogen and oxygen atoms in total. The van der Waals surface area contributed by atoms with Gasteiger partial charge in [-0.1, -0.05) is 19.4 Å². The van der Waals surface area contributed by atoms with Gasteiger partial charge in [0, 0.05) is 11.8 Å². The second-order valence-electron chi connectivity index (χ2n) is 4.99. The first-order chi connectivity index (χ1) is 9.66. The van der Waals surface area contributed by atoms with Crippen molar-refractivity contribution < 1.29 is 13.2 Å². The van der Waals surface area contributed by atoms with E-state index in [2.05, 4.69) is 4.99 Å². The number of nitrogens with two attached hydrogens (primary N) is 2. The van der Waals surface area contributed by atoms with Crippen molar-refractivity contribution in [2.45, 2.75) is 38.0 Å². The Balaban J connectivity index is 3.45. The summed E-state index contributed by atoms with van der Waals surface area (Å²) in [6.07, 6.45) is 3.61. The molecule has 1 rings (SSSR count). The smallest absolute Gasteiger partial charge is 0.280 e. The quantitative estimate of drug-likeness (QED) is 0.625. The zero-order chi connectivity index (χ0) is 16.2. The number of nitrogens with zero attached hydrogens (tertiary/aromatic N) is 1. The van der Waals surface area contributed by atoms with Crippen LogP contribution in [0.1, 0.15) is 41.3 Å². The Kier molecular flexibility index (Phi) is 5.48. The molecule has 116 valence electrons. The van der Waals surface area contributed by atoms with Gasteiger partial charge >= 0.3 is 0 Å². The highest BCUT2D eigenvalue weighted by molar-refractivity contribution is 7.90. The van der Waals surface area contributed by atoms with E-state index in [1.165, 1.54) is 6.07 Å². The van der Waals surface area contributed by atoms with Crippen molar-refractivity contribution in [2.75, 3.05) is 6.26 Å². The average Bonchev–Trinajstić information content (AvgIpc) is 2.33. The highest BCUT2D eigenvalue weighted by atomic mass is 32.2. The Morgan fingerprint density at radius 1 is 1.29 bits per heavy atom. The SMILES string of the molecule is CCCCc1cc(C)c(C(=O)N=C(N)N)cc1S(C)(=O)=O. The number of guanidine groups is 1. The summed E-state index contributed by atoms with van der Waals surface area (Å²) in [7, 11) is -3.43. The van der Waals surface area contributed by atoms with E-state index in [4.69, 9.17) is 11.5 Å². The van der Waals surface area contributed by atoms with Crippen molar-refractivity contribution in [2.24, 2.45) is 16.5 Å². The van der Waals surface area contributed by atoms with Crippen LogP contribution < -0.4 is 11.5 Å². The fraction of sp³-hybridized carbons (Fsp3) is 0.429. The van der Waals surface area contributed by atoms with Gasteiger partial charge in [0.05, 0.1) is 4.90 Å². The van der Waals surface area contributed by atoms with Crippen LogP contribution >= 0.6 is 0 Å². The molecule has 0 saturated heterocycles. The zero-order valence-electron chi connectivity index (χ0n) is 12.5. The highest BCUT2D eigenvalue weighted by Crippen LogP contribution is 2.23. The Bertz CT molecular complexity index is 675. The van der Waals surface area contributed by atoms with E-state index < -0.39 is 15.7 Å². The normalized spacial score (nSPS) is 11.2. The molecule has 0 unspecified atom stereocenters. The first-order valence-corrected chi connectivity index (χ1v) is 8.53. The summed E-state index contributed by atoms with van der Waals surface area (Å²) in [6, 6.07) is 3.09. The molecule has 0 spiro atoms. The van der Waals surface area contributed by atoms with Crippen LogP contribution in [0.5, 0.6) is 0 Å². The molecule has 7 heteroatoms. The number of hydrogen-bond acceptors (Lipinski definition) is 3. The second kappa shape index (κ2) is 6.71. The minimum atomic E-state index is -3.43. The van der Waals surface area contributed by atoms with Crippen molar-refractivity contribution in [3.05, 3.63) is 28.8 Å². The van der Waals surface area contributed by atoms with Crippen molar-refractivity contribution in [3.8, 4) is 0 Å². The van der Waals surface area contributed by atoms with Crippen LogP contribution in [0.2, 0.25) is 0 Å². The lowest BCUT2D eigenvalue weighted by Crippen LogP contribution is -2.24. The molecule has 0 aliphatic rings. The van der Waals surface area contributed by atoms with Crippen molar-refractivity contribution in [1.82, 2.24) is 0 Å². The minimum absolute atomic E-state index is 0.163.